The Kier molecular flexibility index (Phi) is 4.89. The molecule has 2 unspecified atom stereocenters. The monoisotopic (exact) mass is 228 g/mol. The first kappa shape index (κ1) is 13.1. The van der Waals surface area contributed by atoms with Crippen molar-refractivity contribution in [2.24, 2.45) is 11.8 Å². The third-order valence-corrected chi connectivity index (χ3v) is 3.06. The third kappa shape index (κ3) is 2.80. The van der Waals surface area contributed by atoms with E-state index in [1.165, 1.54) is 4.90 Å². The van der Waals surface area contributed by atoms with Crippen molar-refractivity contribution in [2.75, 3.05) is 33.4 Å². The molecule has 0 aliphatic carbocycles. The highest BCUT2D eigenvalue weighted by Crippen LogP contribution is 2.24. The normalized spacial score (nSPS) is 25.6. The molecular formula is C11H20N2O3. The Balaban J connectivity index is 2.32. The minimum absolute atomic E-state index is 0.0500. The smallest absolute Gasteiger partial charge is 0.232 e. The predicted octanol–water partition coefficient (Wildman–Crippen LogP) is -0.137. The molecule has 1 heterocycles. The minimum Gasteiger partial charge on any atom is -0.383 e. The maximum Gasteiger partial charge on any atom is 0.232 e. The van der Waals surface area contributed by atoms with Gasteiger partial charge in [-0.2, -0.15) is 0 Å². The van der Waals surface area contributed by atoms with Gasteiger partial charge in [0.05, 0.1) is 6.61 Å². The fourth-order valence-electron chi connectivity index (χ4n) is 1.74. The lowest BCUT2D eigenvalue weighted by molar-refractivity contribution is -0.139. The average molecular weight is 228 g/mol. The summed E-state index contributed by atoms with van der Waals surface area (Å²) in [5, 5.41) is 3.11. The summed E-state index contributed by atoms with van der Waals surface area (Å²) in [4.78, 5) is 24.8. The molecule has 2 atom stereocenters. The molecule has 16 heavy (non-hydrogen) atoms. The first-order chi connectivity index (χ1) is 7.59. The SMILES string of the molecule is COCCNCCN1C(=O)C(C)C(C)C1=O. The van der Waals surface area contributed by atoms with Crippen LogP contribution in [0.15, 0.2) is 0 Å². The fourth-order valence-corrected chi connectivity index (χ4v) is 1.74. The third-order valence-electron chi connectivity index (χ3n) is 3.06. The van der Waals surface area contributed by atoms with E-state index in [1.54, 1.807) is 7.11 Å². The van der Waals surface area contributed by atoms with Crippen molar-refractivity contribution in [3.63, 3.8) is 0 Å². The standard InChI is InChI=1S/C11H20N2O3/c1-8-9(2)11(15)13(10(8)14)6-4-12-5-7-16-3/h8-9,12H,4-7H2,1-3H3. The Morgan fingerprint density at radius 1 is 1.19 bits per heavy atom. The number of hydrogen-bond donors (Lipinski definition) is 1. The van der Waals surface area contributed by atoms with Crippen LogP contribution in [-0.4, -0.2) is 50.1 Å². The zero-order valence-corrected chi connectivity index (χ0v) is 10.2. The van der Waals surface area contributed by atoms with Gasteiger partial charge in [-0.1, -0.05) is 13.8 Å². The fraction of sp³-hybridized carbons (Fsp3) is 0.818. The number of hydrogen-bond acceptors (Lipinski definition) is 4. The molecule has 0 aromatic heterocycles. The van der Waals surface area contributed by atoms with Gasteiger partial charge in [-0.15, -0.1) is 0 Å². The lowest BCUT2D eigenvalue weighted by Gasteiger charge is -2.14. The van der Waals surface area contributed by atoms with Crippen molar-refractivity contribution >= 4 is 11.8 Å². The Labute approximate surface area is 96.1 Å². The van der Waals surface area contributed by atoms with E-state index in [-0.39, 0.29) is 23.7 Å². The molecule has 92 valence electrons. The van der Waals surface area contributed by atoms with E-state index >= 15 is 0 Å². The van der Waals surface area contributed by atoms with E-state index < -0.39 is 0 Å². The second-order valence-electron chi connectivity index (χ2n) is 4.15. The second-order valence-corrected chi connectivity index (χ2v) is 4.15. The average Bonchev–Trinajstić information content (AvgIpc) is 2.46. The highest BCUT2D eigenvalue weighted by molar-refractivity contribution is 6.04. The van der Waals surface area contributed by atoms with Crippen molar-refractivity contribution in [1.29, 1.82) is 0 Å². The molecule has 1 fully saturated rings. The minimum atomic E-state index is -0.175. The number of methoxy groups -OCH3 is 1. The van der Waals surface area contributed by atoms with Gasteiger partial charge in [0, 0.05) is 38.6 Å². The molecule has 0 aromatic rings. The molecule has 0 saturated carbocycles. The van der Waals surface area contributed by atoms with E-state index in [4.69, 9.17) is 4.74 Å². The summed E-state index contributed by atoms with van der Waals surface area (Å²) in [6.45, 7) is 6.06. The zero-order chi connectivity index (χ0) is 12.1. The Morgan fingerprint density at radius 2 is 1.75 bits per heavy atom. The highest BCUT2D eigenvalue weighted by Gasteiger charge is 2.41. The van der Waals surface area contributed by atoms with Gasteiger partial charge in [0.1, 0.15) is 0 Å². The Bertz CT molecular complexity index is 248. The van der Waals surface area contributed by atoms with Gasteiger partial charge in [-0.3, -0.25) is 14.5 Å². The number of imide groups is 1. The van der Waals surface area contributed by atoms with Crippen LogP contribution in [0.3, 0.4) is 0 Å². The van der Waals surface area contributed by atoms with Crippen LogP contribution in [0.2, 0.25) is 0 Å². The van der Waals surface area contributed by atoms with Crippen LogP contribution in [-0.2, 0) is 14.3 Å². The van der Waals surface area contributed by atoms with Crippen molar-refractivity contribution in [1.82, 2.24) is 10.2 Å². The van der Waals surface area contributed by atoms with Crippen LogP contribution < -0.4 is 5.32 Å². The number of ether oxygens (including phenoxy) is 1. The lowest BCUT2D eigenvalue weighted by Crippen LogP contribution is -2.37. The van der Waals surface area contributed by atoms with E-state index in [0.29, 0.717) is 19.7 Å². The largest absolute Gasteiger partial charge is 0.383 e. The molecule has 1 aliphatic heterocycles. The molecule has 1 rings (SSSR count). The molecular weight excluding hydrogens is 208 g/mol. The van der Waals surface area contributed by atoms with Gasteiger partial charge in [-0.25, -0.2) is 0 Å². The van der Waals surface area contributed by atoms with Gasteiger partial charge in [0.15, 0.2) is 0 Å². The molecule has 2 amide bonds. The summed E-state index contributed by atoms with van der Waals surface area (Å²) in [5.41, 5.74) is 0. The number of likely N-dealkylation sites (tertiary alicyclic amines) is 1. The van der Waals surface area contributed by atoms with E-state index in [1.807, 2.05) is 13.8 Å². The second kappa shape index (κ2) is 5.96. The van der Waals surface area contributed by atoms with Crippen molar-refractivity contribution < 1.29 is 14.3 Å². The molecule has 5 heteroatoms. The number of nitrogens with zero attached hydrogens (tertiary/aromatic N) is 1. The van der Waals surface area contributed by atoms with Gasteiger partial charge in [0.2, 0.25) is 11.8 Å². The van der Waals surface area contributed by atoms with Crippen molar-refractivity contribution in [3.8, 4) is 0 Å². The topological polar surface area (TPSA) is 58.6 Å². The molecule has 0 aromatic carbocycles. The lowest BCUT2D eigenvalue weighted by atomic mass is 10.00. The number of carbonyl (C=O) groups is 2. The summed E-state index contributed by atoms with van der Waals surface area (Å²) in [5.74, 6) is -0.449. The maximum atomic E-state index is 11.7. The van der Waals surface area contributed by atoms with Gasteiger partial charge in [-0.05, 0) is 0 Å². The molecule has 0 spiro atoms. The van der Waals surface area contributed by atoms with Crippen LogP contribution >= 0.6 is 0 Å². The van der Waals surface area contributed by atoms with E-state index in [9.17, 15) is 9.59 Å². The number of amides is 2. The number of carbonyl (C=O) groups excluding carboxylic acids is 2. The summed E-state index contributed by atoms with van der Waals surface area (Å²) < 4.78 is 4.88. The number of rotatable bonds is 6. The van der Waals surface area contributed by atoms with Crippen LogP contribution in [0.25, 0.3) is 0 Å². The summed E-state index contributed by atoms with van der Waals surface area (Å²) in [6, 6.07) is 0. The summed E-state index contributed by atoms with van der Waals surface area (Å²) in [7, 11) is 1.64. The Hall–Kier alpha value is -0.940. The quantitative estimate of drug-likeness (QED) is 0.508. The number of nitrogens with one attached hydrogen (secondary N) is 1. The van der Waals surface area contributed by atoms with Crippen molar-refractivity contribution in [2.45, 2.75) is 13.8 Å². The van der Waals surface area contributed by atoms with E-state index in [0.717, 1.165) is 6.54 Å². The maximum absolute atomic E-state index is 11.7. The first-order valence-corrected chi connectivity index (χ1v) is 5.64. The predicted molar refractivity (Wildman–Crippen MR) is 59.8 cm³/mol. The molecule has 0 radical (unpaired) electrons. The van der Waals surface area contributed by atoms with Crippen LogP contribution in [0, 0.1) is 11.8 Å². The summed E-state index contributed by atoms with van der Waals surface area (Å²) in [6.07, 6.45) is 0. The van der Waals surface area contributed by atoms with Crippen LogP contribution in [0.4, 0.5) is 0 Å². The van der Waals surface area contributed by atoms with Gasteiger partial charge >= 0.3 is 0 Å². The first-order valence-electron chi connectivity index (χ1n) is 5.64. The highest BCUT2D eigenvalue weighted by atomic mass is 16.5. The van der Waals surface area contributed by atoms with Gasteiger partial charge < -0.3 is 10.1 Å². The van der Waals surface area contributed by atoms with Crippen molar-refractivity contribution in [3.05, 3.63) is 0 Å². The molecule has 5 nitrogen and oxygen atoms in total. The Morgan fingerprint density at radius 3 is 2.25 bits per heavy atom. The molecule has 1 saturated heterocycles. The van der Waals surface area contributed by atoms with E-state index in [2.05, 4.69) is 5.32 Å². The van der Waals surface area contributed by atoms with Crippen LogP contribution in [0.1, 0.15) is 13.8 Å². The zero-order valence-electron chi connectivity index (χ0n) is 10.2. The molecule has 1 N–H and O–H groups in total. The molecule has 1 aliphatic rings. The van der Waals surface area contributed by atoms with Crippen LogP contribution in [0.5, 0.6) is 0 Å². The molecule has 0 bridgehead atoms. The summed E-state index contributed by atoms with van der Waals surface area (Å²) >= 11 is 0. The van der Waals surface area contributed by atoms with Gasteiger partial charge in [0.25, 0.3) is 0 Å².